The molecule has 0 aromatic carbocycles. The van der Waals surface area contributed by atoms with Gasteiger partial charge in [-0.25, -0.2) is 9.78 Å². The van der Waals surface area contributed by atoms with Crippen molar-refractivity contribution in [3.8, 4) is 0 Å². The molecule has 0 radical (unpaired) electrons. The van der Waals surface area contributed by atoms with Crippen molar-refractivity contribution in [1.82, 2.24) is 9.97 Å². The lowest BCUT2D eigenvalue weighted by Crippen LogP contribution is -2.14. The average Bonchev–Trinajstić information content (AvgIpc) is 2.93. The van der Waals surface area contributed by atoms with Gasteiger partial charge in [-0.15, -0.1) is 11.3 Å². The summed E-state index contributed by atoms with van der Waals surface area (Å²) in [6.45, 7) is 1.63. The van der Waals surface area contributed by atoms with Crippen LogP contribution in [0.5, 0.6) is 0 Å². The number of nitrogens with zero attached hydrogens (tertiary/aromatic N) is 2. The van der Waals surface area contributed by atoms with E-state index in [9.17, 15) is 9.59 Å². The van der Waals surface area contributed by atoms with Gasteiger partial charge < -0.3 is 9.84 Å². The quantitative estimate of drug-likeness (QED) is 0.880. The number of pyridine rings is 1. The van der Waals surface area contributed by atoms with Gasteiger partial charge in [-0.3, -0.25) is 15.1 Å². The van der Waals surface area contributed by atoms with Gasteiger partial charge in [0.15, 0.2) is 5.13 Å². The topological polar surface area (TPSA) is 101 Å². The van der Waals surface area contributed by atoms with Crippen LogP contribution in [-0.2, 0) is 16.1 Å². The Morgan fingerprint density at radius 2 is 2.33 bits per heavy atom. The third-order valence-electron chi connectivity index (χ3n) is 2.64. The number of thiazole rings is 1. The van der Waals surface area contributed by atoms with Crippen LogP contribution in [0.4, 0.5) is 9.93 Å². The monoisotopic (exact) mass is 307 g/mol. The van der Waals surface area contributed by atoms with Crippen molar-refractivity contribution in [3.63, 3.8) is 0 Å². The SMILES string of the molecule is CC(C(=O)O)c1csc(NC(=O)OCc2cccnc2)n1. The lowest BCUT2D eigenvalue weighted by atomic mass is 10.1. The second kappa shape index (κ2) is 6.80. The summed E-state index contributed by atoms with van der Waals surface area (Å²) in [6.07, 6.45) is 2.58. The molecule has 21 heavy (non-hydrogen) atoms. The normalized spacial score (nSPS) is 11.7. The summed E-state index contributed by atoms with van der Waals surface area (Å²) in [5.74, 6) is -1.69. The van der Waals surface area contributed by atoms with Crippen LogP contribution in [0, 0.1) is 0 Å². The Hall–Kier alpha value is -2.48. The average molecular weight is 307 g/mol. The van der Waals surface area contributed by atoms with E-state index in [2.05, 4.69) is 15.3 Å². The molecule has 8 heteroatoms. The summed E-state index contributed by atoms with van der Waals surface area (Å²) in [5, 5.41) is 13.2. The molecule has 0 saturated heterocycles. The van der Waals surface area contributed by atoms with Crippen LogP contribution in [0.15, 0.2) is 29.9 Å². The number of carbonyl (C=O) groups excluding carboxylic acids is 1. The smallest absolute Gasteiger partial charge is 0.413 e. The molecule has 0 aliphatic carbocycles. The number of nitrogens with one attached hydrogen (secondary N) is 1. The zero-order valence-electron chi connectivity index (χ0n) is 11.1. The van der Waals surface area contributed by atoms with Crippen LogP contribution < -0.4 is 5.32 Å². The van der Waals surface area contributed by atoms with Gasteiger partial charge in [-0.1, -0.05) is 6.07 Å². The Kier molecular flexibility index (Phi) is 4.83. The lowest BCUT2D eigenvalue weighted by Gasteiger charge is -2.04. The van der Waals surface area contributed by atoms with E-state index in [1.54, 1.807) is 29.9 Å². The Bertz CT molecular complexity index is 629. The molecule has 2 aromatic rings. The number of carboxylic acid groups (broad SMARTS) is 1. The van der Waals surface area contributed by atoms with E-state index in [4.69, 9.17) is 9.84 Å². The molecule has 2 N–H and O–H groups in total. The molecule has 0 spiro atoms. The molecular formula is C13H13N3O4S. The van der Waals surface area contributed by atoms with Crippen LogP contribution in [0.1, 0.15) is 24.1 Å². The lowest BCUT2D eigenvalue weighted by molar-refractivity contribution is -0.138. The highest BCUT2D eigenvalue weighted by atomic mass is 32.1. The minimum absolute atomic E-state index is 0.101. The number of hydrogen-bond donors (Lipinski definition) is 2. The number of hydrogen-bond acceptors (Lipinski definition) is 6. The first-order valence-electron chi connectivity index (χ1n) is 6.07. The molecule has 0 saturated carbocycles. The largest absolute Gasteiger partial charge is 0.481 e. The number of aliphatic carboxylic acids is 1. The molecule has 1 amide bonds. The molecule has 0 aliphatic rings. The maximum Gasteiger partial charge on any atom is 0.413 e. The number of aromatic nitrogens is 2. The zero-order valence-corrected chi connectivity index (χ0v) is 12.0. The van der Waals surface area contributed by atoms with Crippen LogP contribution in [0.25, 0.3) is 0 Å². The van der Waals surface area contributed by atoms with E-state index in [0.717, 1.165) is 16.9 Å². The molecule has 2 rings (SSSR count). The van der Waals surface area contributed by atoms with Crippen molar-refractivity contribution in [3.05, 3.63) is 41.2 Å². The van der Waals surface area contributed by atoms with Crippen LogP contribution in [0.3, 0.4) is 0 Å². The van der Waals surface area contributed by atoms with Crippen molar-refractivity contribution in [1.29, 1.82) is 0 Å². The highest BCUT2D eigenvalue weighted by molar-refractivity contribution is 7.13. The maximum absolute atomic E-state index is 11.6. The fraction of sp³-hybridized carbons (Fsp3) is 0.231. The third-order valence-corrected chi connectivity index (χ3v) is 3.41. The van der Waals surface area contributed by atoms with Crippen LogP contribution >= 0.6 is 11.3 Å². The molecule has 2 aromatic heterocycles. The highest BCUT2D eigenvalue weighted by Gasteiger charge is 2.17. The predicted octanol–water partition coefficient (Wildman–Crippen LogP) is 2.47. The number of ether oxygens (including phenoxy) is 1. The van der Waals surface area contributed by atoms with E-state index in [-0.39, 0.29) is 6.61 Å². The molecule has 1 atom stereocenters. The number of carbonyl (C=O) groups is 2. The second-order valence-electron chi connectivity index (χ2n) is 4.20. The van der Waals surface area contributed by atoms with Gasteiger partial charge in [0.1, 0.15) is 6.61 Å². The van der Waals surface area contributed by atoms with Gasteiger partial charge in [-0.2, -0.15) is 0 Å². The molecule has 7 nitrogen and oxygen atoms in total. The van der Waals surface area contributed by atoms with Gasteiger partial charge in [0, 0.05) is 23.3 Å². The van der Waals surface area contributed by atoms with Gasteiger partial charge >= 0.3 is 12.1 Å². The summed E-state index contributed by atoms with van der Waals surface area (Å²) >= 11 is 1.15. The fourth-order valence-corrected chi connectivity index (χ4v) is 2.21. The van der Waals surface area contributed by atoms with Crippen molar-refractivity contribution < 1.29 is 19.4 Å². The molecular weight excluding hydrogens is 294 g/mol. The van der Waals surface area contributed by atoms with Crippen molar-refractivity contribution in [2.75, 3.05) is 5.32 Å². The molecule has 0 aliphatic heterocycles. The Morgan fingerprint density at radius 1 is 1.52 bits per heavy atom. The first-order valence-corrected chi connectivity index (χ1v) is 6.95. The number of anilines is 1. The third kappa shape index (κ3) is 4.25. The summed E-state index contributed by atoms with van der Waals surface area (Å²) in [4.78, 5) is 30.4. The summed E-state index contributed by atoms with van der Waals surface area (Å²) in [5.41, 5.74) is 1.17. The molecule has 110 valence electrons. The summed E-state index contributed by atoms with van der Waals surface area (Å²) in [6, 6.07) is 3.54. The van der Waals surface area contributed by atoms with Gasteiger partial charge in [0.2, 0.25) is 0 Å². The summed E-state index contributed by atoms with van der Waals surface area (Å²) in [7, 11) is 0. The van der Waals surface area contributed by atoms with Gasteiger partial charge in [-0.05, 0) is 13.0 Å². The predicted molar refractivity (Wildman–Crippen MR) is 76.2 cm³/mol. The number of amides is 1. The van der Waals surface area contributed by atoms with Crippen molar-refractivity contribution in [2.24, 2.45) is 0 Å². The zero-order chi connectivity index (χ0) is 15.2. The Morgan fingerprint density at radius 3 is 3.00 bits per heavy atom. The van der Waals surface area contributed by atoms with Gasteiger partial charge in [0.05, 0.1) is 11.6 Å². The van der Waals surface area contributed by atoms with E-state index < -0.39 is 18.0 Å². The van der Waals surface area contributed by atoms with E-state index in [1.807, 2.05) is 0 Å². The number of carboxylic acids is 1. The van der Waals surface area contributed by atoms with E-state index in [0.29, 0.717) is 10.8 Å². The first-order chi connectivity index (χ1) is 10.1. The molecule has 0 fully saturated rings. The second-order valence-corrected chi connectivity index (χ2v) is 5.06. The maximum atomic E-state index is 11.6. The minimum atomic E-state index is -0.967. The Labute approximate surface area is 124 Å². The molecule has 2 heterocycles. The Balaban J connectivity index is 1.87. The first kappa shape index (κ1) is 14.9. The fourth-order valence-electron chi connectivity index (χ4n) is 1.42. The van der Waals surface area contributed by atoms with Gasteiger partial charge in [0.25, 0.3) is 0 Å². The van der Waals surface area contributed by atoms with E-state index >= 15 is 0 Å². The molecule has 0 bridgehead atoms. The standard InChI is InChI=1S/C13H13N3O4S/c1-8(11(17)18)10-7-21-12(15-10)16-13(19)20-6-9-3-2-4-14-5-9/h2-5,7-8H,6H2,1H3,(H,17,18)(H,15,16,19). The highest BCUT2D eigenvalue weighted by Crippen LogP contribution is 2.22. The minimum Gasteiger partial charge on any atom is -0.481 e. The van der Waals surface area contributed by atoms with Crippen molar-refractivity contribution >= 4 is 28.5 Å². The number of rotatable bonds is 5. The van der Waals surface area contributed by atoms with Crippen LogP contribution in [-0.4, -0.2) is 27.1 Å². The van der Waals surface area contributed by atoms with E-state index in [1.165, 1.54) is 6.92 Å². The van der Waals surface area contributed by atoms with Crippen molar-refractivity contribution in [2.45, 2.75) is 19.4 Å². The summed E-state index contributed by atoms with van der Waals surface area (Å²) < 4.78 is 5.01. The molecule has 1 unspecified atom stereocenters. The van der Waals surface area contributed by atoms with Crippen LogP contribution in [0.2, 0.25) is 0 Å².